The number of rotatable bonds is 0. The summed E-state index contributed by atoms with van der Waals surface area (Å²) in [6, 6.07) is 2.16. The van der Waals surface area contributed by atoms with E-state index in [0.717, 1.165) is 11.3 Å². The van der Waals surface area contributed by atoms with Gasteiger partial charge in [-0.15, -0.1) is 0 Å². The average molecular weight is 209 g/mol. The van der Waals surface area contributed by atoms with E-state index in [0.29, 0.717) is 5.92 Å². The van der Waals surface area contributed by atoms with E-state index in [-0.39, 0.29) is 0 Å². The summed E-state index contributed by atoms with van der Waals surface area (Å²) in [5, 5.41) is 0. The molecule has 3 nitrogen and oxygen atoms in total. The molecule has 2 aromatic heterocycles. The molecular weight excluding hydrogens is 198 g/mol. The van der Waals surface area contributed by atoms with Gasteiger partial charge in [0, 0.05) is 23.9 Å². The highest BCUT2D eigenvalue weighted by atomic mass is 14.9. The fourth-order valence-electron chi connectivity index (χ4n) is 3.05. The highest BCUT2D eigenvalue weighted by molar-refractivity contribution is 5.75. The van der Waals surface area contributed by atoms with Crippen molar-refractivity contribution in [1.29, 1.82) is 0 Å². The Kier molecular flexibility index (Phi) is 1.51. The minimum Gasteiger partial charge on any atom is -0.256 e. The maximum Gasteiger partial charge on any atom is 0.115 e. The van der Waals surface area contributed by atoms with Crippen LogP contribution in [-0.4, -0.2) is 15.0 Å². The molecule has 2 aliphatic carbocycles. The molecule has 2 heterocycles. The molecule has 0 fully saturated rings. The molecule has 0 N–H and O–H groups in total. The molecule has 1 unspecified atom stereocenters. The number of hydrogen-bond acceptors (Lipinski definition) is 3. The second-order valence-corrected chi connectivity index (χ2v) is 4.50. The lowest BCUT2D eigenvalue weighted by molar-refractivity contribution is 0.614. The maximum absolute atomic E-state index is 4.51. The van der Waals surface area contributed by atoms with Gasteiger partial charge in [-0.25, -0.2) is 9.97 Å². The zero-order valence-electron chi connectivity index (χ0n) is 8.85. The first kappa shape index (κ1) is 8.39. The molecule has 0 spiro atoms. The highest BCUT2D eigenvalue weighted by Crippen LogP contribution is 2.48. The normalized spacial score (nSPS) is 20.4. The molecule has 16 heavy (non-hydrogen) atoms. The van der Waals surface area contributed by atoms with Crippen LogP contribution in [0.5, 0.6) is 0 Å². The van der Waals surface area contributed by atoms with Crippen LogP contribution in [0.1, 0.15) is 35.6 Å². The zero-order valence-corrected chi connectivity index (χ0v) is 8.85. The van der Waals surface area contributed by atoms with Crippen LogP contribution >= 0.6 is 0 Å². The van der Waals surface area contributed by atoms with E-state index in [2.05, 4.69) is 21.0 Å². The van der Waals surface area contributed by atoms with Crippen molar-refractivity contribution < 1.29 is 0 Å². The van der Waals surface area contributed by atoms with Crippen LogP contribution in [0.3, 0.4) is 0 Å². The fraction of sp³-hybridized carbons (Fsp3) is 0.308. The number of pyridine rings is 1. The number of hydrogen-bond donors (Lipinski definition) is 0. The monoisotopic (exact) mass is 209 g/mol. The molecule has 2 aromatic rings. The Labute approximate surface area is 93.6 Å². The Morgan fingerprint density at radius 1 is 1.25 bits per heavy atom. The molecule has 2 aliphatic rings. The van der Waals surface area contributed by atoms with E-state index in [1.54, 1.807) is 6.33 Å². The average Bonchev–Trinajstić information content (AvgIpc) is 2.68. The van der Waals surface area contributed by atoms with Crippen LogP contribution in [0, 0.1) is 0 Å². The Balaban J connectivity index is 2.10. The second-order valence-electron chi connectivity index (χ2n) is 4.50. The third-order valence-electron chi connectivity index (χ3n) is 3.70. The van der Waals surface area contributed by atoms with Gasteiger partial charge in [0.2, 0.25) is 0 Å². The lowest BCUT2D eigenvalue weighted by atomic mass is 9.84. The number of aryl methyl sites for hydroxylation is 1. The van der Waals surface area contributed by atoms with Gasteiger partial charge in [0.15, 0.2) is 0 Å². The SMILES string of the molecule is c1cc2c3c(n1)-c1cncnc1C3CCC2. The summed E-state index contributed by atoms with van der Waals surface area (Å²) >= 11 is 0. The first-order valence-corrected chi connectivity index (χ1v) is 5.73. The van der Waals surface area contributed by atoms with Crippen LogP contribution in [-0.2, 0) is 6.42 Å². The summed E-state index contributed by atoms with van der Waals surface area (Å²) in [6.07, 6.45) is 9.12. The molecule has 0 radical (unpaired) electrons. The minimum absolute atomic E-state index is 0.477. The molecule has 4 rings (SSSR count). The van der Waals surface area contributed by atoms with Crippen LogP contribution < -0.4 is 0 Å². The van der Waals surface area contributed by atoms with E-state index in [4.69, 9.17) is 0 Å². The predicted molar refractivity (Wildman–Crippen MR) is 60.0 cm³/mol. The fourth-order valence-corrected chi connectivity index (χ4v) is 3.05. The summed E-state index contributed by atoms with van der Waals surface area (Å²) in [5.74, 6) is 0.477. The Morgan fingerprint density at radius 3 is 3.25 bits per heavy atom. The Bertz CT molecular complexity index is 577. The quantitative estimate of drug-likeness (QED) is 0.668. The second kappa shape index (κ2) is 2.88. The molecule has 0 aliphatic heterocycles. The van der Waals surface area contributed by atoms with Gasteiger partial charge in [0.25, 0.3) is 0 Å². The topological polar surface area (TPSA) is 38.7 Å². The lowest BCUT2D eigenvalue weighted by Crippen LogP contribution is -2.08. The van der Waals surface area contributed by atoms with Gasteiger partial charge in [-0.05, 0) is 36.5 Å². The summed E-state index contributed by atoms with van der Waals surface area (Å²) in [7, 11) is 0. The molecule has 1 atom stereocenters. The molecule has 0 saturated heterocycles. The largest absolute Gasteiger partial charge is 0.256 e. The standard InChI is InChI=1S/C13H11N3/c1-2-8-4-5-15-13-10-6-14-7-16-12(10)9(3-1)11(8)13/h4-7,9H,1-3H2. The number of nitrogens with zero attached hydrogens (tertiary/aromatic N) is 3. The summed E-state index contributed by atoms with van der Waals surface area (Å²) in [6.45, 7) is 0. The van der Waals surface area contributed by atoms with E-state index in [9.17, 15) is 0 Å². The molecule has 0 amide bonds. The van der Waals surface area contributed by atoms with Gasteiger partial charge in [0.1, 0.15) is 6.33 Å². The third-order valence-corrected chi connectivity index (χ3v) is 3.70. The predicted octanol–water partition coefficient (Wildman–Crippen LogP) is 2.32. The summed E-state index contributed by atoms with van der Waals surface area (Å²) in [5.41, 5.74) is 6.33. The van der Waals surface area contributed by atoms with Gasteiger partial charge in [-0.3, -0.25) is 4.98 Å². The first-order valence-electron chi connectivity index (χ1n) is 5.73. The Morgan fingerprint density at radius 2 is 2.25 bits per heavy atom. The molecule has 0 aromatic carbocycles. The zero-order chi connectivity index (χ0) is 10.5. The highest BCUT2D eigenvalue weighted by Gasteiger charge is 2.34. The van der Waals surface area contributed by atoms with Crippen molar-refractivity contribution in [2.45, 2.75) is 25.2 Å². The third kappa shape index (κ3) is 0.907. The molecule has 0 bridgehead atoms. The van der Waals surface area contributed by atoms with Gasteiger partial charge >= 0.3 is 0 Å². The first-order chi connectivity index (χ1) is 7.95. The van der Waals surface area contributed by atoms with Crippen molar-refractivity contribution in [3.05, 3.63) is 41.6 Å². The van der Waals surface area contributed by atoms with Crippen molar-refractivity contribution in [2.75, 3.05) is 0 Å². The molecule has 0 saturated carbocycles. The van der Waals surface area contributed by atoms with Crippen LogP contribution in [0.4, 0.5) is 0 Å². The van der Waals surface area contributed by atoms with E-state index >= 15 is 0 Å². The molecule has 3 heteroatoms. The number of fused-ring (bicyclic) bond motifs is 3. The van der Waals surface area contributed by atoms with Crippen molar-refractivity contribution in [3.8, 4) is 11.3 Å². The smallest absolute Gasteiger partial charge is 0.115 e. The van der Waals surface area contributed by atoms with Gasteiger partial charge < -0.3 is 0 Å². The summed E-state index contributed by atoms with van der Waals surface area (Å²) < 4.78 is 0. The Hall–Kier alpha value is -1.77. The minimum atomic E-state index is 0.477. The van der Waals surface area contributed by atoms with Crippen molar-refractivity contribution in [1.82, 2.24) is 15.0 Å². The van der Waals surface area contributed by atoms with Crippen LogP contribution in [0.25, 0.3) is 11.3 Å². The van der Waals surface area contributed by atoms with Crippen LogP contribution in [0.2, 0.25) is 0 Å². The number of aromatic nitrogens is 3. The molecular formula is C13H11N3. The van der Waals surface area contributed by atoms with Gasteiger partial charge in [-0.2, -0.15) is 0 Å². The van der Waals surface area contributed by atoms with E-state index in [1.165, 1.54) is 36.1 Å². The van der Waals surface area contributed by atoms with Crippen molar-refractivity contribution in [2.24, 2.45) is 0 Å². The van der Waals surface area contributed by atoms with Crippen LogP contribution in [0.15, 0.2) is 24.8 Å². The van der Waals surface area contributed by atoms with E-state index < -0.39 is 0 Å². The van der Waals surface area contributed by atoms with Crippen molar-refractivity contribution >= 4 is 0 Å². The van der Waals surface area contributed by atoms with Crippen molar-refractivity contribution in [3.63, 3.8) is 0 Å². The summed E-state index contributed by atoms with van der Waals surface area (Å²) in [4.78, 5) is 13.1. The van der Waals surface area contributed by atoms with E-state index in [1.807, 2.05) is 12.4 Å². The van der Waals surface area contributed by atoms with Gasteiger partial charge in [0.05, 0.1) is 11.4 Å². The lowest BCUT2D eigenvalue weighted by Gasteiger charge is -2.20. The maximum atomic E-state index is 4.51. The molecule has 78 valence electrons. The van der Waals surface area contributed by atoms with Gasteiger partial charge in [-0.1, -0.05) is 0 Å².